The first-order valence-corrected chi connectivity index (χ1v) is 15.2. The van der Waals surface area contributed by atoms with Crippen molar-refractivity contribution in [3.63, 3.8) is 0 Å². The second kappa shape index (κ2) is 6.18. The standard InChI is InChI=1S/C22H33NO3SSi/c1-16(28(4,5)18-9-7-6-8-10-18)13-20(24)23-19-14-17-11-12-22(19,21(17,2)3)15-27(23,25)26/h6-10,16-17,19H,11-15H2,1-5H3/t16-,17+,19+,22+/m0/s1. The molecule has 3 aliphatic rings. The van der Waals surface area contributed by atoms with Crippen LogP contribution in [0.15, 0.2) is 30.3 Å². The van der Waals surface area contributed by atoms with Gasteiger partial charge in [-0.1, -0.05) is 69.4 Å². The zero-order valence-corrected chi connectivity index (χ0v) is 19.6. The average molecular weight is 420 g/mol. The molecule has 2 aliphatic carbocycles. The Morgan fingerprint density at radius 2 is 1.89 bits per heavy atom. The van der Waals surface area contributed by atoms with Gasteiger partial charge in [-0.25, -0.2) is 12.7 Å². The zero-order chi connectivity index (χ0) is 20.5. The molecule has 4 atom stereocenters. The Labute approximate surface area is 170 Å². The summed E-state index contributed by atoms with van der Waals surface area (Å²) in [5, 5.41) is 1.32. The van der Waals surface area contributed by atoms with Gasteiger partial charge in [0.25, 0.3) is 0 Å². The Bertz CT molecular complexity index is 896. The molecule has 0 N–H and O–H groups in total. The molecular formula is C22H33NO3SSi. The van der Waals surface area contributed by atoms with Gasteiger partial charge in [-0.05, 0) is 36.1 Å². The van der Waals surface area contributed by atoms with Crippen molar-refractivity contribution in [3.8, 4) is 0 Å². The van der Waals surface area contributed by atoms with E-state index in [9.17, 15) is 13.2 Å². The van der Waals surface area contributed by atoms with Crippen LogP contribution >= 0.6 is 0 Å². The molecule has 2 saturated carbocycles. The summed E-state index contributed by atoms with van der Waals surface area (Å²) in [7, 11) is -5.38. The molecule has 4 nitrogen and oxygen atoms in total. The Kier molecular flexibility index (Phi) is 4.44. The highest BCUT2D eigenvalue weighted by atomic mass is 32.2. The topological polar surface area (TPSA) is 54.5 Å². The number of carbonyl (C=O) groups excluding carboxylic acids is 1. The van der Waals surface area contributed by atoms with Crippen LogP contribution < -0.4 is 5.19 Å². The molecule has 3 fully saturated rings. The molecule has 1 heterocycles. The van der Waals surface area contributed by atoms with Gasteiger partial charge in [0.15, 0.2) is 0 Å². The van der Waals surface area contributed by atoms with Crippen molar-refractivity contribution in [2.45, 2.75) is 71.1 Å². The molecule has 1 aliphatic heterocycles. The molecular weight excluding hydrogens is 386 g/mol. The van der Waals surface area contributed by atoms with Crippen molar-refractivity contribution in [1.29, 1.82) is 0 Å². The van der Waals surface area contributed by atoms with Gasteiger partial charge in [-0.2, -0.15) is 0 Å². The van der Waals surface area contributed by atoms with E-state index in [-0.39, 0.29) is 34.1 Å². The summed E-state index contributed by atoms with van der Waals surface area (Å²) in [5.41, 5.74) is -0.0497. The number of hydrogen-bond donors (Lipinski definition) is 0. The SMILES string of the molecule is C[C@@H](CC(=O)N1[C@@H]2C[C@H]3CC[C@]2(CS1(=O)=O)C3(C)C)[Si](C)(C)c1ccccc1. The number of nitrogens with zero attached hydrogens (tertiary/aromatic N) is 1. The fourth-order valence-electron chi connectivity index (χ4n) is 6.38. The lowest BCUT2D eigenvalue weighted by atomic mass is 9.69. The molecule has 4 rings (SSSR count). The van der Waals surface area contributed by atoms with E-state index in [0.717, 1.165) is 19.3 Å². The first-order valence-electron chi connectivity index (χ1n) is 10.5. The van der Waals surface area contributed by atoms with Crippen LogP contribution in [0.4, 0.5) is 0 Å². The van der Waals surface area contributed by atoms with Crippen LogP contribution in [0, 0.1) is 16.7 Å². The molecule has 2 bridgehead atoms. The molecule has 1 amide bonds. The van der Waals surface area contributed by atoms with Crippen LogP contribution in [0.1, 0.15) is 46.5 Å². The highest BCUT2D eigenvalue weighted by molar-refractivity contribution is 7.90. The maximum Gasteiger partial charge on any atom is 0.238 e. The minimum Gasteiger partial charge on any atom is -0.274 e. The van der Waals surface area contributed by atoms with Crippen molar-refractivity contribution in [2.24, 2.45) is 16.7 Å². The number of fused-ring (bicyclic) bond motifs is 1. The highest BCUT2D eigenvalue weighted by Gasteiger charge is 2.72. The molecule has 0 aromatic heterocycles. The zero-order valence-electron chi connectivity index (χ0n) is 17.7. The van der Waals surface area contributed by atoms with Gasteiger partial charge in [-0.3, -0.25) is 4.79 Å². The summed E-state index contributed by atoms with van der Waals surface area (Å²) >= 11 is 0. The molecule has 0 unspecified atom stereocenters. The van der Waals surface area contributed by atoms with Gasteiger partial charge >= 0.3 is 0 Å². The quantitative estimate of drug-likeness (QED) is 0.699. The molecule has 6 heteroatoms. The molecule has 1 aromatic rings. The predicted molar refractivity (Wildman–Crippen MR) is 116 cm³/mol. The third-order valence-electron chi connectivity index (χ3n) is 8.89. The van der Waals surface area contributed by atoms with E-state index < -0.39 is 18.1 Å². The molecule has 1 spiro atoms. The summed E-state index contributed by atoms with van der Waals surface area (Å²) in [6, 6.07) is 10.3. The molecule has 1 saturated heterocycles. The van der Waals surface area contributed by atoms with E-state index in [2.05, 4.69) is 46.0 Å². The number of amides is 1. The first-order chi connectivity index (χ1) is 12.9. The molecule has 0 radical (unpaired) electrons. The van der Waals surface area contributed by atoms with Gasteiger partial charge in [0.1, 0.15) is 0 Å². The summed E-state index contributed by atoms with van der Waals surface area (Å²) in [5.74, 6) is 0.526. The van der Waals surface area contributed by atoms with E-state index in [1.54, 1.807) is 0 Å². The largest absolute Gasteiger partial charge is 0.274 e. The number of hydrogen-bond acceptors (Lipinski definition) is 3. The van der Waals surface area contributed by atoms with Crippen LogP contribution in [0.3, 0.4) is 0 Å². The first kappa shape index (κ1) is 20.1. The summed E-state index contributed by atoms with van der Waals surface area (Å²) in [6.07, 6.45) is 3.22. The van der Waals surface area contributed by atoms with Gasteiger partial charge in [-0.15, -0.1) is 0 Å². The number of benzene rings is 1. The smallest absolute Gasteiger partial charge is 0.238 e. The Balaban J connectivity index is 1.59. The van der Waals surface area contributed by atoms with Crippen molar-refractivity contribution in [1.82, 2.24) is 4.31 Å². The summed E-state index contributed by atoms with van der Waals surface area (Å²) in [6.45, 7) is 11.1. The lowest BCUT2D eigenvalue weighted by Crippen LogP contribution is -2.48. The summed E-state index contributed by atoms with van der Waals surface area (Å²) < 4.78 is 27.6. The summed E-state index contributed by atoms with van der Waals surface area (Å²) in [4.78, 5) is 13.3. The van der Waals surface area contributed by atoms with E-state index in [0.29, 0.717) is 12.3 Å². The van der Waals surface area contributed by atoms with E-state index in [1.807, 2.05) is 18.2 Å². The van der Waals surface area contributed by atoms with Crippen LogP contribution in [0.5, 0.6) is 0 Å². The third-order valence-corrected chi connectivity index (χ3v) is 15.3. The number of carbonyl (C=O) groups is 1. The minimum atomic E-state index is -3.52. The Morgan fingerprint density at radius 1 is 1.25 bits per heavy atom. The third kappa shape index (κ3) is 2.59. The van der Waals surface area contributed by atoms with Crippen molar-refractivity contribution >= 4 is 29.2 Å². The van der Waals surface area contributed by atoms with Crippen LogP contribution in [0.2, 0.25) is 18.6 Å². The van der Waals surface area contributed by atoms with Crippen molar-refractivity contribution < 1.29 is 13.2 Å². The van der Waals surface area contributed by atoms with Crippen LogP contribution in [-0.4, -0.2) is 38.5 Å². The number of sulfonamides is 1. The fraction of sp³-hybridized carbons (Fsp3) is 0.682. The maximum atomic E-state index is 13.3. The minimum absolute atomic E-state index is 0.00341. The van der Waals surface area contributed by atoms with Crippen LogP contribution in [-0.2, 0) is 14.8 Å². The van der Waals surface area contributed by atoms with E-state index >= 15 is 0 Å². The second-order valence-electron chi connectivity index (χ2n) is 10.5. The normalized spacial score (nSPS) is 33.7. The van der Waals surface area contributed by atoms with Gasteiger partial charge in [0, 0.05) is 11.8 Å². The van der Waals surface area contributed by atoms with Crippen molar-refractivity contribution in [2.75, 3.05) is 5.75 Å². The van der Waals surface area contributed by atoms with Gasteiger partial charge in [0.2, 0.25) is 15.9 Å². The Hall–Kier alpha value is -1.14. The van der Waals surface area contributed by atoms with Crippen LogP contribution in [0.25, 0.3) is 0 Å². The maximum absolute atomic E-state index is 13.3. The lowest BCUT2D eigenvalue weighted by molar-refractivity contribution is -0.129. The molecule has 1 aromatic carbocycles. The van der Waals surface area contributed by atoms with Crippen molar-refractivity contribution in [3.05, 3.63) is 30.3 Å². The highest BCUT2D eigenvalue weighted by Crippen LogP contribution is 2.70. The molecule has 28 heavy (non-hydrogen) atoms. The Morgan fingerprint density at radius 3 is 2.50 bits per heavy atom. The van der Waals surface area contributed by atoms with Gasteiger partial charge in [0.05, 0.1) is 19.9 Å². The molecule has 154 valence electrons. The number of rotatable bonds is 4. The predicted octanol–water partition coefficient (Wildman–Crippen LogP) is 3.75. The van der Waals surface area contributed by atoms with E-state index in [4.69, 9.17) is 0 Å². The average Bonchev–Trinajstić information content (AvgIpc) is 3.09. The lowest BCUT2D eigenvalue weighted by Gasteiger charge is -2.37. The monoisotopic (exact) mass is 419 g/mol. The fourth-order valence-corrected chi connectivity index (χ4v) is 11.2. The second-order valence-corrected chi connectivity index (χ2v) is 17.4. The van der Waals surface area contributed by atoms with Gasteiger partial charge < -0.3 is 0 Å². The van der Waals surface area contributed by atoms with E-state index in [1.165, 1.54) is 9.49 Å².